The number of halogens is 4. The Balaban J connectivity index is 1.71. The SMILES string of the molecule is FC(F)(F)c1ccc(N/N=C/c2cccn2-c2ccc(Br)cc2)cc1. The fourth-order valence-corrected chi connectivity index (χ4v) is 2.51. The minimum atomic E-state index is -4.34. The summed E-state index contributed by atoms with van der Waals surface area (Å²) in [7, 11) is 0. The lowest BCUT2D eigenvalue weighted by Gasteiger charge is -2.08. The molecule has 3 nitrogen and oxygen atoms in total. The van der Waals surface area contributed by atoms with Crippen molar-refractivity contribution in [2.45, 2.75) is 6.18 Å². The van der Waals surface area contributed by atoms with Gasteiger partial charge in [0.2, 0.25) is 0 Å². The number of anilines is 1. The van der Waals surface area contributed by atoms with Crippen LogP contribution in [0.2, 0.25) is 0 Å². The number of benzene rings is 2. The summed E-state index contributed by atoms with van der Waals surface area (Å²) in [5.74, 6) is 0. The highest BCUT2D eigenvalue weighted by Crippen LogP contribution is 2.29. The molecule has 0 aliphatic carbocycles. The molecule has 0 saturated carbocycles. The smallest absolute Gasteiger partial charge is 0.316 e. The van der Waals surface area contributed by atoms with Gasteiger partial charge in [-0.1, -0.05) is 15.9 Å². The number of alkyl halides is 3. The molecule has 7 heteroatoms. The number of hydrogen-bond donors (Lipinski definition) is 1. The highest BCUT2D eigenvalue weighted by molar-refractivity contribution is 9.10. The van der Waals surface area contributed by atoms with Gasteiger partial charge in [-0.05, 0) is 60.7 Å². The number of hydrazone groups is 1. The van der Waals surface area contributed by atoms with Crippen LogP contribution in [0, 0.1) is 0 Å². The van der Waals surface area contributed by atoms with Crippen LogP contribution in [0.25, 0.3) is 5.69 Å². The molecule has 1 N–H and O–H groups in total. The Morgan fingerprint density at radius 2 is 1.64 bits per heavy atom. The third-order valence-corrected chi connectivity index (χ3v) is 4.02. The van der Waals surface area contributed by atoms with Crippen LogP contribution in [-0.2, 0) is 6.18 Å². The number of rotatable bonds is 4. The van der Waals surface area contributed by atoms with Gasteiger partial charge >= 0.3 is 6.18 Å². The lowest BCUT2D eigenvalue weighted by Crippen LogP contribution is -2.04. The molecule has 0 fully saturated rings. The predicted octanol–water partition coefficient (Wildman–Crippen LogP) is 5.70. The molecule has 1 heterocycles. The van der Waals surface area contributed by atoms with Gasteiger partial charge in [0.15, 0.2) is 0 Å². The molecule has 2 aromatic carbocycles. The Bertz CT molecular complexity index is 866. The maximum atomic E-state index is 12.5. The highest BCUT2D eigenvalue weighted by atomic mass is 79.9. The topological polar surface area (TPSA) is 29.3 Å². The standard InChI is InChI=1S/C18H13BrF3N3/c19-14-5-9-16(10-6-14)25-11-1-2-17(25)12-23-24-15-7-3-13(4-8-15)18(20,21)22/h1-12,24H/b23-12+. The lowest BCUT2D eigenvalue weighted by atomic mass is 10.2. The van der Waals surface area contributed by atoms with Crippen molar-refractivity contribution in [1.29, 1.82) is 0 Å². The summed E-state index contributed by atoms with van der Waals surface area (Å²) in [5.41, 5.74) is 4.33. The van der Waals surface area contributed by atoms with Crippen LogP contribution >= 0.6 is 15.9 Å². The Morgan fingerprint density at radius 1 is 0.960 bits per heavy atom. The molecule has 0 radical (unpaired) electrons. The normalized spacial score (nSPS) is 11.8. The molecular weight excluding hydrogens is 395 g/mol. The van der Waals surface area contributed by atoms with Crippen molar-refractivity contribution in [3.8, 4) is 5.69 Å². The van der Waals surface area contributed by atoms with Crippen LogP contribution in [0.3, 0.4) is 0 Å². The molecule has 0 bridgehead atoms. The first-order chi connectivity index (χ1) is 11.9. The first-order valence-electron chi connectivity index (χ1n) is 7.33. The first kappa shape index (κ1) is 17.3. The Labute approximate surface area is 150 Å². The van der Waals surface area contributed by atoms with Gasteiger partial charge in [-0.15, -0.1) is 0 Å². The van der Waals surface area contributed by atoms with Gasteiger partial charge in [0.1, 0.15) is 0 Å². The zero-order valence-corrected chi connectivity index (χ0v) is 14.4. The average molecular weight is 408 g/mol. The van der Waals surface area contributed by atoms with Crippen LogP contribution < -0.4 is 5.43 Å². The summed E-state index contributed by atoms with van der Waals surface area (Å²) < 4.78 is 40.5. The van der Waals surface area contributed by atoms with Crippen LogP contribution in [0.15, 0.2) is 76.4 Å². The van der Waals surface area contributed by atoms with Gasteiger partial charge in [-0.25, -0.2) is 0 Å². The maximum Gasteiger partial charge on any atom is 0.416 e. The van der Waals surface area contributed by atoms with Crippen molar-refractivity contribution < 1.29 is 13.2 Å². The van der Waals surface area contributed by atoms with E-state index in [1.165, 1.54) is 12.1 Å². The molecular formula is C18H13BrF3N3. The summed E-state index contributed by atoms with van der Waals surface area (Å²) >= 11 is 3.40. The second-order valence-corrected chi connectivity index (χ2v) is 6.14. The molecule has 0 aliphatic heterocycles. The third kappa shape index (κ3) is 4.30. The first-order valence-corrected chi connectivity index (χ1v) is 8.12. The van der Waals surface area contributed by atoms with Crippen molar-refractivity contribution in [2.24, 2.45) is 5.10 Å². The van der Waals surface area contributed by atoms with E-state index < -0.39 is 11.7 Å². The summed E-state index contributed by atoms with van der Waals surface area (Å²) in [5, 5.41) is 4.09. The summed E-state index contributed by atoms with van der Waals surface area (Å²) in [6.07, 6.45) is -0.824. The van der Waals surface area contributed by atoms with E-state index in [2.05, 4.69) is 26.5 Å². The van der Waals surface area contributed by atoms with Gasteiger partial charge in [-0.2, -0.15) is 18.3 Å². The van der Waals surface area contributed by atoms with Crippen LogP contribution in [0.5, 0.6) is 0 Å². The summed E-state index contributed by atoms with van der Waals surface area (Å²) in [6.45, 7) is 0. The van der Waals surface area contributed by atoms with Crippen LogP contribution in [0.4, 0.5) is 18.9 Å². The number of hydrogen-bond acceptors (Lipinski definition) is 2. The van der Waals surface area contributed by atoms with Crippen molar-refractivity contribution in [3.05, 3.63) is 82.6 Å². The molecule has 0 unspecified atom stereocenters. The van der Waals surface area contributed by atoms with Crippen molar-refractivity contribution in [3.63, 3.8) is 0 Å². The molecule has 1 aromatic heterocycles. The largest absolute Gasteiger partial charge is 0.416 e. The summed E-state index contributed by atoms with van der Waals surface area (Å²) in [4.78, 5) is 0. The monoisotopic (exact) mass is 407 g/mol. The maximum absolute atomic E-state index is 12.5. The van der Waals surface area contributed by atoms with Gasteiger partial charge in [0, 0.05) is 16.4 Å². The van der Waals surface area contributed by atoms with E-state index in [1.807, 2.05) is 47.2 Å². The zero-order valence-electron chi connectivity index (χ0n) is 12.8. The fourth-order valence-electron chi connectivity index (χ4n) is 2.24. The molecule has 128 valence electrons. The van der Waals surface area contributed by atoms with E-state index in [9.17, 15) is 13.2 Å². The average Bonchev–Trinajstić information content (AvgIpc) is 3.04. The van der Waals surface area contributed by atoms with Gasteiger partial charge in [0.25, 0.3) is 0 Å². The second kappa shape index (κ2) is 7.14. The highest BCUT2D eigenvalue weighted by Gasteiger charge is 2.29. The van der Waals surface area contributed by atoms with Crippen molar-refractivity contribution >= 4 is 27.8 Å². The molecule has 0 spiro atoms. The van der Waals surface area contributed by atoms with E-state index in [0.717, 1.165) is 28.0 Å². The zero-order chi connectivity index (χ0) is 17.9. The summed E-state index contributed by atoms with van der Waals surface area (Å²) in [6, 6.07) is 16.3. The number of aromatic nitrogens is 1. The molecule has 0 saturated heterocycles. The van der Waals surface area contributed by atoms with E-state index >= 15 is 0 Å². The lowest BCUT2D eigenvalue weighted by molar-refractivity contribution is -0.137. The van der Waals surface area contributed by atoms with E-state index in [1.54, 1.807) is 6.21 Å². The van der Waals surface area contributed by atoms with Crippen LogP contribution in [-0.4, -0.2) is 10.8 Å². The number of nitrogens with one attached hydrogen (secondary N) is 1. The Morgan fingerprint density at radius 3 is 2.28 bits per heavy atom. The second-order valence-electron chi connectivity index (χ2n) is 5.22. The van der Waals surface area contributed by atoms with E-state index in [-0.39, 0.29) is 0 Å². The quantitative estimate of drug-likeness (QED) is 0.435. The Kier molecular flexibility index (Phi) is 4.94. The minimum Gasteiger partial charge on any atom is -0.316 e. The van der Waals surface area contributed by atoms with E-state index in [0.29, 0.717) is 5.69 Å². The minimum absolute atomic E-state index is 0.478. The molecule has 25 heavy (non-hydrogen) atoms. The van der Waals surface area contributed by atoms with Crippen molar-refractivity contribution in [2.75, 3.05) is 5.43 Å². The molecule has 0 atom stereocenters. The molecule has 0 amide bonds. The molecule has 3 aromatic rings. The van der Waals surface area contributed by atoms with Crippen LogP contribution in [0.1, 0.15) is 11.3 Å². The number of nitrogens with zero attached hydrogens (tertiary/aromatic N) is 2. The predicted molar refractivity (Wildman–Crippen MR) is 96.1 cm³/mol. The van der Waals surface area contributed by atoms with Gasteiger partial charge in [0.05, 0.1) is 23.2 Å². The Hall–Kier alpha value is -2.54. The van der Waals surface area contributed by atoms with E-state index in [4.69, 9.17) is 0 Å². The molecule has 0 aliphatic rings. The molecule has 3 rings (SSSR count). The fraction of sp³-hybridized carbons (Fsp3) is 0.0556. The van der Waals surface area contributed by atoms with Gasteiger partial charge < -0.3 is 4.57 Å². The third-order valence-electron chi connectivity index (χ3n) is 3.49. The van der Waals surface area contributed by atoms with Gasteiger partial charge in [-0.3, -0.25) is 5.43 Å². The van der Waals surface area contributed by atoms with Crippen molar-refractivity contribution in [1.82, 2.24) is 4.57 Å².